The van der Waals surface area contributed by atoms with Gasteiger partial charge in [-0.3, -0.25) is 0 Å². The molecule has 1 nitrogen and oxygen atoms in total. The fraction of sp³-hybridized carbons (Fsp3) is 0.625. The summed E-state index contributed by atoms with van der Waals surface area (Å²) in [7, 11) is 0. The van der Waals surface area contributed by atoms with Crippen LogP contribution >= 0.6 is 0 Å². The third kappa shape index (κ3) is 4.51. The molecule has 96 valence electrons. The smallest absolute Gasteiger partial charge is 0.00432 e. The third-order valence-corrected chi connectivity index (χ3v) is 3.49. The predicted molar refractivity (Wildman–Crippen MR) is 76.7 cm³/mol. The molecular formula is C16H27N. The average Bonchev–Trinajstić information content (AvgIpc) is 2.35. The molecule has 17 heavy (non-hydrogen) atoms. The maximum atomic E-state index is 3.41. The molecule has 0 aliphatic rings. The summed E-state index contributed by atoms with van der Waals surface area (Å²) in [5.74, 6) is 1.33. The van der Waals surface area contributed by atoms with Crippen LogP contribution in [0, 0.1) is 0 Å². The average molecular weight is 233 g/mol. The van der Waals surface area contributed by atoms with E-state index >= 15 is 0 Å². The molecule has 0 saturated heterocycles. The largest absolute Gasteiger partial charge is 0.317 e. The highest BCUT2D eigenvalue weighted by molar-refractivity contribution is 5.27. The van der Waals surface area contributed by atoms with Crippen LogP contribution in [-0.4, -0.2) is 13.1 Å². The highest BCUT2D eigenvalue weighted by atomic mass is 14.8. The van der Waals surface area contributed by atoms with Crippen LogP contribution in [0.4, 0.5) is 0 Å². The van der Waals surface area contributed by atoms with Crippen LogP contribution in [0.5, 0.6) is 0 Å². The normalized spacial score (nSPS) is 13.0. The van der Waals surface area contributed by atoms with Crippen molar-refractivity contribution in [2.24, 2.45) is 0 Å². The standard InChI is InChI=1S/C16H27N/c1-5-14(11-12-17-6-2)16-9-7-15(8-10-16)13(3)4/h7-10,13-14,17H,5-6,11-12H2,1-4H3. The van der Waals surface area contributed by atoms with E-state index in [9.17, 15) is 0 Å². The first kappa shape index (κ1) is 14.2. The molecule has 0 heterocycles. The quantitative estimate of drug-likeness (QED) is 0.692. The van der Waals surface area contributed by atoms with Gasteiger partial charge in [0.15, 0.2) is 0 Å². The van der Waals surface area contributed by atoms with Gasteiger partial charge in [0.05, 0.1) is 0 Å². The summed E-state index contributed by atoms with van der Waals surface area (Å²) in [6.07, 6.45) is 2.47. The van der Waals surface area contributed by atoms with Gasteiger partial charge in [0.2, 0.25) is 0 Å². The van der Waals surface area contributed by atoms with Crippen molar-refractivity contribution < 1.29 is 0 Å². The lowest BCUT2D eigenvalue weighted by Gasteiger charge is -2.16. The van der Waals surface area contributed by atoms with Gasteiger partial charge < -0.3 is 5.32 Å². The number of hydrogen-bond donors (Lipinski definition) is 1. The minimum atomic E-state index is 0.630. The Morgan fingerprint density at radius 1 is 1.00 bits per heavy atom. The van der Waals surface area contributed by atoms with Gasteiger partial charge in [-0.2, -0.15) is 0 Å². The Morgan fingerprint density at radius 3 is 2.06 bits per heavy atom. The molecule has 0 bridgehead atoms. The predicted octanol–water partition coefficient (Wildman–Crippen LogP) is 4.30. The fourth-order valence-corrected chi connectivity index (χ4v) is 2.21. The Morgan fingerprint density at radius 2 is 1.59 bits per heavy atom. The SMILES string of the molecule is CCNCCC(CC)c1ccc(C(C)C)cc1. The summed E-state index contributed by atoms with van der Waals surface area (Å²) in [6, 6.07) is 9.21. The number of hydrogen-bond acceptors (Lipinski definition) is 1. The molecule has 0 aliphatic heterocycles. The van der Waals surface area contributed by atoms with E-state index in [1.165, 1.54) is 24.0 Å². The van der Waals surface area contributed by atoms with Crippen molar-refractivity contribution >= 4 is 0 Å². The molecule has 0 spiro atoms. The summed E-state index contributed by atoms with van der Waals surface area (Å²) in [4.78, 5) is 0. The molecule has 1 N–H and O–H groups in total. The first-order valence-electron chi connectivity index (χ1n) is 6.99. The van der Waals surface area contributed by atoms with Crippen molar-refractivity contribution in [1.82, 2.24) is 5.32 Å². The van der Waals surface area contributed by atoms with Gasteiger partial charge in [-0.1, -0.05) is 52.0 Å². The van der Waals surface area contributed by atoms with Crippen LogP contribution in [0.3, 0.4) is 0 Å². The van der Waals surface area contributed by atoms with Crippen LogP contribution in [0.2, 0.25) is 0 Å². The Balaban J connectivity index is 2.62. The minimum absolute atomic E-state index is 0.630. The lowest BCUT2D eigenvalue weighted by atomic mass is 9.91. The van der Waals surface area contributed by atoms with E-state index in [-0.39, 0.29) is 0 Å². The van der Waals surface area contributed by atoms with Crippen molar-refractivity contribution in [1.29, 1.82) is 0 Å². The van der Waals surface area contributed by atoms with Crippen molar-refractivity contribution in [2.75, 3.05) is 13.1 Å². The van der Waals surface area contributed by atoms with Crippen LogP contribution in [-0.2, 0) is 0 Å². The molecule has 0 fully saturated rings. The van der Waals surface area contributed by atoms with E-state index < -0.39 is 0 Å². The van der Waals surface area contributed by atoms with E-state index in [2.05, 4.69) is 57.3 Å². The van der Waals surface area contributed by atoms with Gasteiger partial charge in [0.25, 0.3) is 0 Å². The summed E-state index contributed by atoms with van der Waals surface area (Å²) in [5.41, 5.74) is 2.94. The van der Waals surface area contributed by atoms with E-state index in [1.54, 1.807) is 0 Å². The van der Waals surface area contributed by atoms with E-state index in [0.717, 1.165) is 13.1 Å². The van der Waals surface area contributed by atoms with Crippen molar-refractivity contribution in [3.8, 4) is 0 Å². The maximum Gasteiger partial charge on any atom is -0.00432 e. The summed E-state index contributed by atoms with van der Waals surface area (Å²) in [5, 5.41) is 3.41. The molecule has 0 aliphatic carbocycles. The lowest BCUT2D eigenvalue weighted by molar-refractivity contribution is 0.564. The van der Waals surface area contributed by atoms with Gasteiger partial charge >= 0.3 is 0 Å². The molecule has 1 unspecified atom stereocenters. The Bertz CT molecular complexity index is 300. The second-order valence-corrected chi connectivity index (χ2v) is 5.07. The number of nitrogens with one attached hydrogen (secondary N) is 1. The highest BCUT2D eigenvalue weighted by Gasteiger charge is 2.09. The second-order valence-electron chi connectivity index (χ2n) is 5.07. The Hall–Kier alpha value is -0.820. The van der Waals surface area contributed by atoms with E-state index in [4.69, 9.17) is 0 Å². The van der Waals surface area contributed by atoms with Gasteiger partial charge in [-0.05, 0) is 48.9 Å². The summed E-state index contributed by atoms with van der Waals surface area (Å²) < 4.78 is 0. The molecule has 0 amide bonds. The fourth-order valence-electron chi connectivity index (χ4n) is 2.21. The van der Waals surface area contributed by atoms with Gasteiger partial charge in [0.1, 0.15) is 0 Å². The topological polar surface area (TPSA) is 12.0 Å². The van der Waals surface area contributed by atoms with Crippen molar-refractivity contribution in [3.05, 3.63) is 35.4 Å². The molecule has 1 aromatic carbocycles. The van der Waals surface area contributed by atoms with Crippen LogP contribution in [0.1, 0.15) is 63.5 Å². The molecule has 1 heteroatoms. The highest BCUT2D eigenvalue weighted by Crippen LogP contribution is 2.24. The molecule has 1 rings (SSSR count). The molecular weight excluding hydrogens is 206 g/mol. The van der Waals surface area contributed by atoms with E-state index in [1.807, 2.05) is 0 Å². The van der Waals surface area contributed by atoms with Crippen LogP contribution in [0.15, 0.2) is 24.3 Å². The van der Waals surface area contributed by atoms with Gasteiger partial charge in [-0.25, -0.2) is 0 Å². The van der Waals surface area contributed by atoms with Gasteiger partial charge in [0, 0.05) is 0 Å². The van der Waals surface area contributed by atoms with Gasteiger partial charge in [-0.15, -0.1) is 0 Å². The number of rotatable bonds is 7. The number of benzene rings is 1. The second kappa shape index (κ2) is 7.50. The zero-order chi connectivity index (χ0) is 12.7. The Labute approximate surface area is 107 Å². The Kier molecular flexibility index (Phi) is 6.28. The summed E-state index contributed by atoms with van der Waals surface area (Å²) in [6.45, 7) is 11.1. The molecule has 1 atom stereocenters. The molecule has 1 aromatic rings. The maximum absolute atomic E-state index is 3.41. The minimum Gasteiger partial charge on any atom is -0.317 e. The molecule has 0 saturated carbocycles. The molecule has 0 aromatic heterocycles. The first-order chi connectivity index (χ1) is 8.19. The zero-order valence-corrected chi connectivity index (χ0v) is 11.8. The summed E-state index contributed by atoms with van der Waals surface area (Å²) >= 11 is 0. The third-order valence-electron chi connectivity index (χ3n) is 3.49. The van der Waals surface area contributed by atoms with Crippen molar-refractivity contribution in [3.63, 3.8) is 0 Å². The molecule has 0 radical (unpaired) electrons. The first-order valence-corrected chi connectivity index (χ1v) is 6.99. The van der Waals surface area contributed by atoms with Crippen LogP contribution < -0.4 is 5.32 Å². The van der Waals surface area contributed by atoms with Crippen molar-refractivity contribution in [2.45, 2.75) is 52.4 Å². The monoisotopic (exact) mass is 233 g/mol. The van der Waals surface area contributed by atoms with E-state index in [0.29, 0.717) is 11.8 Å². The zero-order valence-electron chi connectivity index (χ0n) is 11.8. The van der Waals surface area contributed by atoms with Crippen LogP contribution in [0.25, 0.3) is 0 Å². The lowest BCUT2D eigenvalue weighted by Crippen LogP contribution is -2.16.